The van der Waals surface area contributed by atoms with Gasteiger partial charge < -0.3 is 25.0 Å². The zero-order chi connectivity index (χ0) is 34.7. The lowest BCUT2D eigenvalue weighted by atomic mass is 9.84. The number of likely N-dealkylation sites (tertiary alicyclic amines) is 1. The van der Waals surface area contributed by atoms with E-state index in [9.17, 15) is 19.2 Å². The summed E-state index contributed by atoms with van der Waals surface area (Å²) in [7, 11) is 0. The van der Waals surface area contributed by atoms with E-state index in [-0.39, 0.29) is 35.9 Å². The number of rotatable bonds is 9. The predicted octanol–water partition coefficient (Wildman–Crippen LogP) is 7.12. The molecule has 0 aliphatic carbocycles. The first-order valence-corrected chi connectivity index (χ1v) is 16.6. The fraction of sp³-hybridized carbons (Fsp3) is 0.514. The summed E-state index contributed by atoms with van der Waals surface area (Å²) in [6.07, 6.45) is 1.62. The number of hydrogen-bond acceptors (Lipinski definition) is 6. The van der Waals surface area contributed by atoms with E-state index in [4.69, 9.17) is 38.0 Å². The molecule has 254 valence electrons. The fourth-order valence-electron chi connectivity index (χ4n) is 5.91. The number of carbonyl (C=O) groups is 4. The van der Waals surface area contributed by atoms with Crippen LogP contribution in [0.2, 0.25) is 10.0 Å². The van der Waals surface area contributed by atoms with Crippen molar-refractivity contribution in [2.24, 2.45) is 10.4 Å². The molecule has 2 aliphatic rings. The van der Waals surface area contributed by atoms with Crippen LogP contribution in [0.4, 0.5) is 4.79 Å². The van der Waals surface area contributed by atoms with E-state index >= 15 is 0 Å². The summed E-state index contributed by atoms with van der Waals surface area (Å²) < 4.78 is 5.63. The predicted molar refractivity (Wildman–Crippen MR) is 182 cm³/mol. The van der Waals surface area contributed by atoms with Crippen LogP contribution in [0.15, 0.2) is 47.5 Å². The standard InChI is InChI=1S/C35H44Cl2N4O6/c1-33(2,3)13-11-27(22-7-9-23(10-8-22)30(44)38-16-12-28(42)43)41-31(45)29(24-19-25(36)21-26(37)20-24)39-35(41)14-17-40(18-15-35)32(46)47-34(4,5)6/h7-10,19-21,27H,11-18H2,1-6H3,(H,38,44)(H,42,43)/t27-/m1/s1. The van der Waals surface area contributed by atoms with Crippen LogP contribution in [-0.2, 0) is 14.3 Å². The molecule has 0 aromatic heterocycles. The Bertz CT molecular complexity index is 1520. The van der Waals surface area contributed by atoms with Gasteiger partial charge in [-0.15, -0.1) is 0 Å². The summed E-state index contributed by atoms with van der Waals surface area (Å²) in [4.78, 5) is 59.8. The molecule has 0 saturated carbocycles. The molecule has 10 nitrogen and oxygen atoms in total. The highest BCUT2D eigenvalue weighted by Gasteiger charge is 2.52. The van der Waals surface area contributed by atoms with Crippen LogP contribution < -0.4 is 5.32 Å². The molecular formula is C35H44Cl2N4O6. The molecule has 4 rings (SSSR count). The number of carboxylic acids is 1. The number of halogens is 2. The van der Waals surface area contributed by atoms with E-state index in [1.54, 1.807) is 35.2 Å². The highest BCUT2D eigenvalue weighted by molar-refractivity contribution is 6.47. The first-order chi connectivity index (χ1) is 21.9. The molecule has 1 atom stereocenters. The van der Waals surface area contributed by atoms with E-state index < -0.39 is 29.4 Å². The maximum absolute atomic E-state index is 14.6. The third kappa shape index (κ3) is 9.26. The van der Waals surface area contributed by atoms with Crippen molar-refractivity contribution in [2.75, 3.05) is 19.6 Å². The quantitative estimate of drug-likeness (QED) is 0.289. The average Bonchev–Trinajstić information content (AvgIpc) is 3.23. The van der Waals surface area contributed by atoms with Crippen LogP contribution in [0.3, 0.4) is 0 Å². The van der Waals surface area contributed by atoms with Gasteiger partial charge in [-0.1, -0.05) is 56.1 Å². The van der Waals surface area contributed by atoms with Gasteiger partial charge in [0.25, 0.3) is 11.8 Å². The Balaban J connectivity index is 1.73. The largest absolute Gasteiger partial charge is 0.481 e. The summed E-state index contributed by atoms with van der Waals surface area (Å²) in [6.45, 7) is 12.6. The SMILES string of the molecule is CC(C)(C)CC[C@H](c1ccc(C(=O)NCCC(=O)O)cc1)N1C(=O)C(c2cc(Cl)cc(Cl)c2)=NC12CCN(C(=O)OC(C)(C)C)CC2. The van der Waals surface area contributed by atoms with Gasteiger partial charge in [-0.2, -0.15) is 0 Å². The zero-order valence-corrected chi connectivity index (χ0v) is 29.4. The number of nitrogens with one attached hydrogen (secondary N) is 1. The first-order valence-electron chi connectivity index (χ1n) is 15.9. The van der Waals surface area contributed by atoms with Gasteiger partial charge in [-0.3, -0.25) is 19.4 Å². The summed E-state index contributed by atoms with van der Waals surface area (Å²) in [5, 5.41) is 12.3. The van der Waals surface area contributed by atoms with Gasteiger partial charge in [0, 0.05) is 53.6 Å². The van der Waals surface area contributed by atoms with Gasteiger partial charge in [0.2, 0.25) is 0 Å². The Labute approximate surface area is 286 Å². The molecule has 0 bridgehead atoms. The van der Waals surface area contributed by atoms with Gasteiger partial charge >= 0.3 is 12.1 Å². The molecule has 1 spiro atoms. The van der Waals surface area contributed by atoms with Crippen molar-refractivity contribution in [1.29, 1.82) is 0 Å². The third-order valence-corrected chi connectivity index (χ3v) is 8.64. The number of aliphatic carboxylic acids is 1. The Kier molecular flexibility index (Phi) is 11.0. The van der Waals surface area contributed by atoms with Gasteiger partial charge in [0.1, 0.15) is 17.0 Å². The van der Waals surface area contributed by atoms with Crippen molar-refractivity contribution in [3.05, 3.63) is 69.2 Å². The lowest BCUT2D eigenvalue weighted by molar-refractivity contribution is -0.137. The summed E-state index contributed by atoms with van der Waals surface area (Å²) in [5.41, 5.74) is 0.363. The van der Waals surface area contributed by atoms with Crippen LogP contribution in [0.25, 0.3) is 0 Å². The highest BCUT2D eigenvalue weighted by atomic mass is 35.5. The normalized spacial score (nSPS) is 17.0. The summed E-state index contributed by atoms with van der Waals surface area (Å²) in [5.74, 6) is -1.63. The van der Waals surface area contributed by atoms with Crippen LogP contribution >= 0.6 is 23.2 Å². The number of aliphatic imine (C=N–C) groups is 1. The van der Waals surface area contributed by atoms with Gasteiger partial charge in [0.15, 0.2) is 0 Å². The average molecular weight is 688 g/mol. The number of carbonyl (C=O) groups excluding carboxylic acids is 3. The zero-order valence-electron chi connectivity index (χ0n) is 27.9. The van der Waals surface area contributed by atoms with E-state index in [0.29, 0.717) is 53.5 Å². The van der Waals surface area contributed by atoms with Gasteiger partial charge in [-0.05, 0) is 74.9 Å². The number of piperidine rings is 1. The maximum atomic E-state index is 14.6. The lowest BCUT2D eigenvalue weighted by Crippen LogP contribution is -2.56. The minimum absolute atomic E-state index is 0.0167. The molecule has 2 aromatic carbocycles. The minimum Gasteiger partial charge on any atom is -0.481 e. The van der Waals surface area contributed by atoms with E-state index in [2.05, 4.69) is 26.1 Å². The van der Waals surface area contributed by atoms with E-state index in [1.807, 2.05) is 37.8 Å². The molecule has 2 aliphatic heterocycles. The Morgan fingerprint density at radius 2 is 1.60 bits per heavy atom. The number of hydrogen-bond donors (Lipinski definition) is 2. The van der Waals surface area contributed by atoms with Crippen molar-refractivity contribution < 1.29 is 29.0 Å². The van der Waals surface area contributed by atoms with E-state index in [0.717, 1.165) is 12.0 Å². The van der Waals surface area contributed by atoms with Crippen molar-refractivity contribution >= 4 is 52.8 Å². The van der Waals surface area contributed by atoms with Crippen LogP contribution in [0.5, 0.6) is 0 Å². The smallest absolute Gasteiger partial charge is 0.410 e. The molecule has 2 heterocycles. The number of ether oxygens (including phenoxy) is 1. The molecule has 1 saturated heterocycles. The lowest BCUT2D eigenvalue weighted by Gasteiger charge is -2.46. The van der Waals surface area contributed by atoms with Crippen molar-refractivity contribution in [1.82, 2.24) is 15.1 Å². The topological polar surface area (TPSA) is 129 Å². The van der Waals surface area contributed by atoms with Crippen molar-refractivity contribution in [3.63, 3.8) is 0 Å². The fourth-order valence-corrected chi connectivity index (χ4v) is 6.43. The number of amides is 3. The number of carboxylic acid groups (broad SMARTS) is 1. The van der Waals surface area contributed by atoms with Crippen molar-refractivity contribution in [3.8, 4) is 0 Å². The minimum atomic E-state index is -0.995. The van der Waals surface area contributed by atoms with Crippen molar-refractivity contribution in [2.45, 2.75) is 91.0 Å². The molecule has 3 amide bonds. The molecular weight excluding hydrogens is 643 g/mol. The molecule has 47 heavy (non-hydrogen) atoms. The first kappa shape index (κ1) is 36.2. The second-order valence-corrected chi connectivity index (χ2v) is 15.3. The molecule has 0 unspecified atom stereocenters. The second kappa shape index (κ2) is 14.2. The Morgan fingerprint density at radius 1 is 1.00 bits per heavy atom. The van der Waals surface area contributed by atoms with Crippen LogP contribution in [-0.4, -0.2) is 75.4 Å². The molecule has 1 fully saturated rings. The van der Waals surface area contributed by atoms with Gasteiger partial charge in [0.05, 0.1) is 12.5 Å². The molecule has 12 heteroatoms. The molecule has 2 aromatic rings. The Morgan fingerprint density at radius 3 is 2.13 bits per heavy atom. The Hall–Kier alpha value is -3.63. The second-order valence-electron chi connectivity index (χ2n) is 14.4. The molecule has 2 N–H and O–H groups in total. The highest BCUT2D eigenvalue weighted by Crippen LogP contribution is 2.45. The van der Waals surface area contributed by atoms with Gasteiger partial charge in [-0.25, -0.2) is 4.79 Å². The van der Waals surface area contributed by atoms with Crippen LogP contribution in [0.1, 0.15) is 101 Å². The van der Waals surface area contributed by atoms with E-state index in [1.165, 1.54) is 0 Å². The monoisotopic (exact) mass is 686 g/mol. The van der Waals surface area contributed by atoms with Crippen LogP contribution in [0, 0.1) is 5.41 Å². The summed E-state index contributed by atoms with van der Waals surface area (Å²) in [6, 6.07) is 11.6. The maximum Gasteiger partial charge on any atom is 0.410 e. The summed E-state index contributed by atoms with van der Waals surface area (Å²) >= 11 is 12.7. The molecule has 0 radical (unpaired) electrons. The number of benzene rings is 2. The number of nitrogens with zero attached hydrogens (tertiary/aromatic N) is 3. The third-order valence-electron chi connectivity index (χ3n) is 8.20.